The van der Waals surface area contributed by atoms with Gasteiger partial charge in [0.05, 0.1) is 12.1 Å². The van der Waals surface area contributed by atoms with Crippen LogP contribution in [0, 0.1) is 6.92 Å². The van der Waals surface area contributed by atoms with Gasteiger partial charge >= 0.3 is 6.33 Å². The average molecular weight is 312 g/mol. The van der Waals surface area contributed by atoms with Crippen molar-refractivity contribution in [1.29, 1.82) is 0 Å². The molecule has 0 unspecified atom stereocenters. The Morgan fingerprint density at radius 1 is 0.833 bits per heavy atom. The first-order valence-electron chi connectivity index (χ1n) is 7.99. The first kappa shape index (κ1) is 14.5. The number of hydrogen-bond donors (Lipinski definition) is 0. The van der Waals surface area contributed by atoms with Gasteiger partial charge in [0.2, 0.25) is 0 Å². The van der Waals surface area contributed by atoms with Crippen LogP contribution in [-0.2, 0) is 7.05 Å². The van der Waals surface area contributed by atoms with Gasteiger partial charge in [0, 0.05) is 5.56 Å². The van der Waals surface area contributed by atoms with E-state index in [9.17, 15) is 0 Å². The van der Waals surface area contributed by atoms with Crippen molar-refractivity contribution in [1.82, 2.24) is 10.2 Å². The zero-order chi connectivity index (χ0) is 16.5. The Bertz CT molecular complexity index is 1030. The van der Waals surface area contributed by atoms with Crippen molar-refractivity contribution >= 4 is 10.8 Å². The molecule has 4 aromatic rings. The second-order valence-electron chi connectivity index (χ2n) is 6.03. The van der Waals surface area contributed by atoms with Gasteiger partial charge in [-0.1, -0.05) is 54.6 Å². The summed E-state index contributed by atoms with van der Waals surface area (Å²) in [6, 6.07) is 21.6. The minimum Gasteiger partial charge on any atom is -0.229 e. The van der Waals surface area contributed by atoms with Gasteiger partial charge in [0.1, 0.15) is 6.20 Å². The second-order valence-corrected chi connectivity index (χ2v) is 6.03. The second kappa shape index (κ2) is 5.85. The molecule has 0 N–H and O–H groups in total. The van der Waals surface area contributed by atoms with Crippen LogP contribution < -0.4 is 4.57 Å². The lowest BCUT2D eigenvalue weighted by Crippen LogP contribution is -2.31. The van der Waals surface area contributed by atoms with Gasteiger partial charge in [-0.25, -0.2) is 4.57 Å². The highest BCUT2D eigenvalue weighted by molar-refractivity contribution is 5.97. The largest absolute Gasteiger partial charge is 0.314 e. The summed E-state index contributed by atoms with van der Waals surface area (Å²) in [4.78, 5) is 0. The van der Waals surface area contributed by atoms with Crippen LogP contribution in [0.15, 0.2) is 73.2 Å². The minimum atomic E-state index is 1.06. The van der Waals surface area contributed by atoms with Crippen molar-refractivity contribution in [3.8, 4) is 22.4 Å². The van der Waals surface area contributed by atoms with E-state index >= 15 is 0 Å². The maximum Gasteiger partial charge on any atom is 0.314 e. The van der Waals surface area contributed by atoms with E-state index in [-0.39, 0.29) is 0 Å². The van der Waals surface area contributed by atoms with Gasteiger partial charge in [-0.15, -0.1) is 0 Å². The fourth-order valence-electron chi connectivity index (χ4n) is 3.15. The van der Waals surface area contributed by atoms with E-state index in [4.69, 9.17) is 0 Å². The predicted molar refractivity (Wildman–Crippen MR) is 96.3 cm³/mol. The standard InChI is InChI=1S/C21H18N3/c1-15-10-11-17(12-20(15)21-13-22-23-14-24(21)2)19-9-5-7-16-6-3-4-8-18(16)19/h3-14H,1-2H3/q+1. The number of hydrogen-bond acceptors (Lipinski definition) is 2. The van der Waals surface area contributed by atoms with Crippen LogP contribution in [0.4, 0.5) is 0 Å². The molecule has 0 atom stereocenters. The number of aromatic nitrogens is 3. The number of fused-ring (bicyclic) bond motifs is 1. The molecule has 0 saturated heterocycles. The lowest BCUT2D eigenvalue weighted by atomic mass is 9.94. The minimum absolute atomic E-state index is 1.06. The first-order chi connectivity index (χ1) is 11.7. The molecule has 0 amide bonds. The van der Waals surface area contributed by atoms with Crippen LogP contribution in [0.1, 0.15) is 5.56 Å². The Hall–Kier alpha value is -3.07. The monoisotopic (exact) mass is 312 g/mol. The molecule has 3 aromatic carbocycles. The highest BCUT2D eigenvalue weighted by atomic mass is 15.2. The van der Waals surface area contributed by atoms with E-state index < -0.39 is 0 Å². The molecule has 1 aromatic heterocycles. The Balaban J connectivity index is 1.94. The van der Waals surface area contributed by atoms with Crippen LogP contribution >= 0.6 is 0 Å². The summed E-state index contributed by atoms with van der Waals surface area (Å²) in [6.45, 7) is 2.13. The normalized spacial score (nSPS) is 10.9. The number of aryl methyl sites for hydroxylation is 2. The highest BCUT2D eigenvalue weighted by Crippen LogP contribution is 2.32. The third kappa shape index (κ3) is 2.44. The molecule has 0 aliphatic carbocycles. The summed E-state index contributed by atoms with van der Waals surface area (Å²) in [5.41, 5.74) is 5.92. The van der Waals surface area contributed by atoms with Crippen LogP contribution in [0.25, 0.3) is 33.2 Å². The van der Waals surface area contributed by atoms with Crippen molar-refractivity contribution in [2.75, 3.05) is 0 Å². The lowest BCUT2D eigenvalue weighted by Gasteiger charge is -2.11. The van der Waals surface area contributed by atoms with Crippen molar-refractivity contribution in [2.24, 2.45) is 7.05 Å². The Morgan fingerprint density at radius 2 is 1.67 bits per heavy atom. The lowest BCUT2D eigenvalue weighted by molar-refractivity contribution is -0.664. The molecular formula is C21H18N3+. The van der Waals surface area contributed by atoms with E-state index in [0.29, 0.717) is 0 Å². The van der Waals surface area contributed by atoms with Crippen molar-refractivity contribution < 1.29 is 4.57 Å². The molecule has 0 radical (unpaired) electrons. The summed E-state index contributed by atoms with van der Waals surface area (Å²) in [5, 5.41) is 10.5. The molecule has 0 aliphatic heterocycles. The van der Waals surface area contributed by atoms with Crippen LogP contribution in [-0.4, -0.2) is 10.2 Å². The molecule has 3 heteroatoms. The van der Waals surface area contributed by atoms with E-state index in [0.717, 1.165) is 5.69 Å². The molecule has 0 spiro atoms. The molecule has 24 heavy (non-hydrogen) atoms. The maximum absolute atomic E-state index is 4.04. The van der Waals surface area contributed by atoms with Gasteiger partial charge < -0.3 is 0 Å². The van der Waals surface area contributed by atoms with Crippen molar-refractivity contribution in [3.63, 3.8) is 0 Å². The van der Waals surface area contributed by atoms with Gasteiger partial charge in [-0.2, -0.15) is 0 Å². The molecule has 0 saturated carbocycles. The van der Waals surface area contributed by atoms with Crippen molar-refractivity contribution in [2.45, 2.75) is 6.92 Å². The molecule has 4 rings (SSSR count). The molecule has 0 fully saturated rings. The smallest absolute Gasteiger partial charge is 0.229 e. The SMILES string of the molecule is Cc1ccc(-c2cccc3ccccc23)cc1-c1cnnc[n+]1C. The van der Waals surface area contributed by atoms with E-state index in [1.165, 1.54) is 33.0 Å². The van der Waals surface area contributed by atoms with E-state index in [1.54, 1.807) is 6.33 Å². The third-order valence-corrected chi connectivity index (χ3v) is 4.47. The summed E-state index contributed by atoms with van der Waals surface area (Å²) < 4.78 is 2.00. The molecule has 116 valence electrons. The van der Waals surface area contributed by atoms with Crippen LogP contribution in [0.5, 0.6) is 0 Å². The quantitative estimate of drug-likeness (QED) is 0.522. The Morgan fingerprint density at radius 3 is 2.54 bits per heavy atom. The maximum atomic E-state index is 4.04. The van der Waals surface area contributed by atoms with Gasteiger partial charge in [0.15, 0.2) is 5.69 Å². The summed E-state index contributed by atoms with van der Waals surface area (Å²) >= 11 is 0. The highest BCUT2D eigenvalue weighted by Gasteiger charge is 2.12. The van der Waals surface area contributed by atoms with E-state index in [2.05, 4.69) is 77.8 Å². The number of nitrogens with zero attached hydrogens (tertiary/aromatic N) is 3. The summed E-state index contributed by atoms with van der Waals surface area (Å²) in [6.07, 6.45) is 3.55. The van der Waals surface area contributed by atoms with Crippen LogP contribution in [0.2, 0.25) is 0 Å². The van der Waals surface area contributed by atoms with Gasteiger partial charge in [-0.05, 0) is 45.6 Å². The predicted octanol–water partition coefficient (Wildman–Crippen LogP) is 4.10. The molecule has 0 aliphatic rings. The van der Waals surface area contributed by atoms with Gasteiger partial charge in [-0.3, -0.25) is 0 Å². The Kier molecular flexibility index (Phi) is 3.54. The average Bonchev–Trinajstić information content (AvgIpc) is 2.62. The molecule has 0 bridgehead atoms. The molecule has 1 heterocycles. The number of rotatable bonds is 2. The zero-order valence-electron chi connectivity index (χ0n) is 13.8. The van der Waals surface area contributed by atoms with Crippen molar-refractivity contribution in [3.05, 3.63) is 78.8 Å². The number of benzene rings is 3. The molecular weight excluding hydrogens is 294 g/mol. The fourth-order valence-corrected chi connectivity index (χ4v) is 3.15. The molecule has 3 nitrogen and oxygen atoms in total. The zero-order valence-corrected chi connectivity index (χ0v) is 13.8. The third-order valence-electron chi connectivity index (χ3n) is 4.47. The van der Waals surface area contributed by atoms with E-state index in [1.807, 2.05) is 17.8 Å². The summed E-state index contributed by atoms with van der Waals surface area (Å²) in [5.74, 6) is 0. The Labute approximate surface area is 141 Å². The first-order valence-corrected chi connectivity index (χ1v) is 7.99. The fraction of sp³-hybridized carbons (Fsp3) is 0.0952. The summed E-state index contributed by atoms with van der Waals surface area (Å²) in [7, 11) is 1.99. The van der Waals surface area contributed by atoms with Crippen LogP contribution in [0.3, 0.4) is 0 Å². The van der Waals surface area contributed by atoms with Gasteiger partial charge in [0.25, 0.3) is 0 Å². The topological polar surface area (TPSA) is 29.7 Å².